The van der Waals surface area contributed by atoms with Crippen molar-refractivity contribution in [3.05, 3.63) is 58.9 Å². The monoisotopic (exact) mass is 364 g/mol. The first-order chi connectivity index (χ1) is 12.9. The minimum Gasteiger partial charge on any atom is -0.378 e. The largest absolute Gasteiger partial charge is 0.378 e. The predicted molar refractivity (Wildman–Crippen MR) is 111 cm³/mol. The number of amides is 1. The number of rotatable bonds is 7. The molecule has 0 bridgehead atoms. The van der Waals surface area contributed by atoms with Crippen LogP contribution in [0.5, 0.6) is 0 Å². The molecular weight excluding hydrogens is 336 g/mol. The summed E-state index contributed by atoms with van der Waals surface area (Å²) in [6.07, 6.45) is 2.10. The van der Waals surface area contributed by atoms with E-state index in [2.05, 4.69) is 36.3 Å². The molecule has 0 aliphatic carbocycles. The van der Waals surface area contributed by atoms with Crippen molar-refractivity contribution in [1.82, 2.24) is 15.3 Å². The second-order valence-electron chi connectivity index (χ2n) is 7.28. The van der Waals surface area contributed by atoms with Crippen molar-refractivity contribution in [2.45, 2.75) is 33.1 Å². The van der Waals surface area contributed by atoms with Gasteiger partial charge >= 0.3 is 0 Å². The standard InChI is InChI=1S/C22H28N4O/c1-15-7-12-19-22(16(15)2)25-20(24-19)6-5-13-23-21(27)14-17-8-10-18(11-9-17)26(3)4/h7-12H,5-6,13-14H2,1-4H3,(H,23,27)(H,24,25). The van der Waals surface area contributed by atoms with Crippen LogP contribution in [0.3, 0.4) is 0 Å². The Morgan fingerprint density at radius 1 is 1.11 bits per heavy atom. The van der Waals surface area contributed by atoms with E-state index in [1.165, 1.54) is 11.1 Å². The number of hydrogen-bond donors (Lipinski definition) is 2. The first-order valence-electron chi connectivity index (χ1n) is 9.42. The zero-order valence-corrected chi connectivity index (χ0v) is 16.6. The Kier molecular flexibility index (Phi) is 5.79. The summed E-state index contributed by atoms with van der Waals surface area (Å²) in [5.74, 6) is 1.04. The van der Waals surface area contributed by atoms with E-state index >= 15 is 0 Å². The Morgan fingerprint density at radius 2 is 1.85 bits per heavy atom. The lowest BCUT2D eigenvalue weighted by Gasteiger charge is -2.12. The lowest BCUT2D eigenvalue weighted by atomic mass is 10.1. The van der Waals surface area contributed by atoms with E-state index in [1.807, 2.05) is 43.3 Å². The first-order valence-corrected chi connectivity index (χ1v) is 9.42. The van der Waals surface area contributed by atoms with E-state index in [4.69, 9.17) is 4.98 Å². The predicted octanol–water partition coefficient (Wildman–Crippen LogP) is 3.54. The summed E-state index contributed by atoms with van der Waals surface area (Å²) < 4.78 is 0. The van der Waals surface area contributed by atoms with Crippen LogP contribution in [-0.4, -0.2) is 36.5 Å². The van der Waals surface area contributed by atoms with Gasteiger partial charge in [0, 0.05) is 32.7 Å². The average Bonchev–Trinajstić information content (AvgIpc) is 3.06. The maximum Gasteiger partial charge on any atom is 0.224 e. The minimum absolute atomic E-state index is 0.0590. The third kappa shape index (κ3) is 4.67. The highest BCUT2D eigenvalue weighted by atomic mass is 16.1. The number of carbonyl (C=O) groups is 1. The van der Waals surface area contributed by atoms with Gasteiger partial charge in [-0.05, 0) is 55.2 Å². The van der Waals surface area contributed by atoms with Gasteiger partial charge in [0.1, 0.15) is 5.82 Å². The van der Waals surface area contributed by atoms with Crippen molar-refractivity contribution in [1.29, 1.82) is 0 Å². The molecule has 2 aromatic carbocycles. The molecule has 3 aromatic rings. The molecule has 2 N–H and O–H groups in total. The molecule has 0 saturated carbocycles. The van der Waals surface area contributed by atoms with Crippen molar-refractivity contribution in [2.75, 3.05) is 25.5 Å². The van der Waals surface area contributed by atoms with Crippen LogP contribution in [0.1, 0.15) is 28.9 Å². The van der Waals surface area contributed by atoms with E-state index in [0.29, 0.717) is 13.0 Å². The van der Waals surface area contributed by atoms with E-state index in [1.54, 1.807) is 0 Å². The summed E-state index contributed by atoms with van der Waals surface area (Å²) >= 11 is 0. The van der Waals surface area contributed by atoms with Gasteiger partial charge in [0.15, 0.2) is 0 Å². The van der Waals surface area contributed by atoms with E-state index < -0.39 is 0 Å². The molecule has 0 saturated heterocycles. The molecule has 0 radical (unpaired) electrons. The molecule has 1 heterocycles. The topological polar surface area (TPSA) is 61.0 Å². The fourth-order valence-corrected chi connectivity index (χ4v) is 3.13. The quantitative estimate of drug-likeness (QED) is 0.631. The van der Waals surface area contributed by atoms with Gasteiger partial charge in [0.25, 0.3) is 0 Å². The Hall–Kier alpha value is -2.82. The molecular formula is C22H28N4O. The third-order valence-corrected chi connectivity index (χ3v) is 4.96. The molecule has 1 aromatic heterocycles. The number of aromatic amines is 1. The lowest BCUT2D eigenvalue weighted by molar-refractivity contribution is -0.120. The van der Waals surface area contributed by atoms with Crippen molar-refractivity contribution >= 4 is 22.6 Å². The van der Waals surface area contributed by atoms with E-state index in [9.17, 15) is 4.79 Å². The van der Waals surface area contributed by atoms with E-state index in [-0.39, 0.29) is 5.91 Å². The van der Waals surface area contributed by atoms with E-state index in [0.717, 1.165) is 41.0 Å². The maximum atomic E-state index is 12.1. The number of hydrogen-bond acceptors (Lipinski definition) is 3. The van der Waals surface area contributed by atoms with Gasteiger partial charge in [-0.1, -0.05) is 18.2 Å². The minimum atomic E-state index is 0.0590. The highest BCUT2D eigenvalue weighted by Gasteiger charge is 2.08. The van der Waals surface area contributed by atoms with Gasteiger partial charge < -0.3 is 15.2 Å². The molecule has 0 unspecified atom stereocenters. The van der Waals surface area contributed by atoms with Crippen LogP contribution < -0.4 is 10.2 Å². The van der Waals surface area contributed by atoms with Crippen LogP contribution in [0.25, 0.3) is 11.0 Å². The summed E-state index contributed by atoms with van der Waals surface area (Å²) in [5, 5.41) is 3.00. The lowest BCUT2D eigenvalue weighted by Crippen LogP contribution is -2.26. The third-order valence-electron chi connectivity index (χ3n) is 4.96. The average molecular weight is 364 g/mol. The summed E-state index contributed by atoms with van der Waals surface area (Å²) in [6.45, 7) is 4.87. The number of aryl methyl sites for hydroxylation is 3. The van der Waals surface area contributed by atoms with Crippen molar-refractivity contribution in [3.63, 3.8) is 0 Å². The molecule has 3 rings (SSSR count). The molecule has 0 spiro atoms. The van der Waals surface area contributed by atoms with Crippen LogP contribution >= 0.6 is 0 Å². The summed E-state index contributed by atoms with van der Waals surface area (Å²) in [4.78, 5) is 22.3. The SMILES string of the molecule is Cc1ccc2[nH]c(CCCNC(=O)Cc3ccc(N(C)C)cc3)nc2c1C. The van der Waals surface area contributed by atoms with Gasteiger partial charge in [-0.3, -0.25) is 4.79 Å². The highest BCUT2D eigenvalue weighted by Crippen LogP contribution is 2.19. The number of benzene rings is 2. The van der Waals surface area contributed by atoms with Crippen LogP contribution in [0, 0.1) is 13.8 Å². The summed E-state index contributed by atoms with van der Waals surface area (Å²) in [5.41, 5.74) is 6.78. The van der Waals surface area contributed by atoms with Crippen LogP contribution in [0.4, 0.5) is 5.69 Å². The normalized spacial score (nSPS) is 11.0. The molecule has 5 nitrogen and oxygen atoms in total. The Balaban J connectivity index is 1.46. The second-order valence-corrected chi connectivity index (χ2v) is 7.28. The van der Waals surface area contributed by atoms with Crippen molar-refractivity contribution < 1.29 is 4.79 Å². The Bertz CT molecular complexity index is 925. The smallest absolute Gasteiger partial charge is 0.224 e. The molecule has 142 valence electrons. The number of imidazole rings is 1. The molecule has 1 amide bonds. The molecule has 0 aliphatic rings. The molecule has 27 heavy (non-hydrogen) atoms. The molecule has 0 fully saturated rings. The number of carbonyl (C=O) groups excluding carboxylic acids is 1. The first kappa shape index (κ1) is 19.0. The second kappa shape index (κ2) is 8.25. The summed E-state index contributed by atoms with van der Waals surface area (Å²) in [7, 11) is 4.01. The van der Waals surface area contributed by atoms with Crippen LogP contribution in [0.15, 0.2) is 36.4 Å². The van der Waals surface area contributed by atoms with Gasteiger partial charge in [0.2, 0.25) is 5.91 Å². The summed E-state index contributed by atoms with van der Waals surface area (Å²) in [6, 6.07) is 12.3. The van der Waals surface area contributed by atoms with Gasteiger partial charge in [-0.15, -0.1) is 0 Å². The number of anilines is 1. The van der Waals surface area contributed by atoms with Gasteiger partial charge in [0.05, 0.1) is 17.5 Å². The molecule has 0 atom stereocenters. The number of aromatic nitrogens is 2. The number of nitrogens with one attached hydrogen (secondary N) is 2. The fraction of sp³-hybridized carbons (Fsp3) is 0.364. The number of nitrogens with zero attached hydrogens (tertiary/aromatic N) is 2. The van der Waals surface area contributed by atoms with Gasteiger partial charge in [-0.25, -0.2) is 4.98 Å². The Labute approximate surface area is 160 Å². The molecule has 5 heteroatoms. The molecule has 0 aliphatic heterocycles. The number of fused-ring (bicyclic) bond motifs is 1. The highest BCUT2D eigenvalue weighted by molar-refractivity contribution is 5.80. The van der Waals surface area contributed by atoms with Crippen molar-refractivity contribution in [3.8, 4) is 0 Å². The zero-order chi connectivity index (χ0) is 19.4. The van der Waals surface area contributed by atoms with Crippen LogP contribution in [0.2, 0.25) is 0 Å². The zero-order valence-electron chi connectivity index (χ0n) is 16.6. The Morgan fingerprint density at radius 3 is 2.56 bits per heavy atom. The van der Waals surface area contributed by atoms with Crippen molar-refractivity contribution in [2.24, 2.45) is 0 Å². The maximum absolute atomic E-state index is 12.1. The fourth-order valence-electron chi connectivity index (χ4n) is 3.13. The van der Waals surface area contributed by atoms with Crippen LogP contribution in [-0.2, 0) is 17.6 Å². The van der Waals surface area contributed by atoms with Gasteiger partial charge in [-0.2, -0.15) is 0 Å². The number of H-pyrrole nitrogens is 1.